The minimum atomic E-state index is -0.00755. The van der Waals surface area contributed by atoms with Crippen LogP contribution in [0.1, 0.15) is 24.1 Å². The van der Waals surface area contributed by atoms with Crippen molar-refractivity contribution in [2.24, 2.45) is 5.73 Å². The van der Waals surface area contributed by atoms with E-state index in [4.69, 9.17) is 10.5 Å². The van der Waals surface area contributed by atoms with Crippen molar-refractivity contribution in [1.82, 2.24) is 0 Å². The molecule has 0 saturated heterocycles. The van der Waals surface area contributed by atoms with Crippen LogP contribution in [0, 0.1) is 6.92 Å². The van der Waals surface area contributed by atoms with Crippen LogP contribution in [0.3, 0.4) is 0 Å². The van der Waals surface area contributed by atoms with Crippen molar-refractivity contribution >= 4 is 15.9 Å². The number of methoxy groups -OCH3 is 1. The van der Waals surface area contributed by atoms with Crippen molar-refractivity contribution in [3.8, 4) is 5.75 Å². The predicted octanol–water partition coefficient (Wildman–Crippen LogP) is 2.79. The predicted molar refractivity (Wildman–Crippen MR) is 58.0 cm³/mol. The fraction of sp³-hybridized carbons (Fsp3) is 0.400. The Balaban J connectivity index is 3.25. The van der Waals surface area contributed by atoms with Crippen LogP contribution >= 0.6 is 15.9 Å². The molecule has 72 valence electrons. The highest BCUT2D eigenvalue weighted by atomic mass is 79.9. The smallest absolute Gasteiger partial charge is 0.123 e. The second-order valence-electron chi connectivity index (χ2n) is 3.13. The first-order valence-electron chi connectivity index (χ1n) is 4.16. The monoisotopic (exact) mass is 243 g/mol. The Morgan fingerprint density at radius 3 is 2.54 bits per heavy atom. The van der Waals surface area contributed by atoms with E-state index in [0.717, 1.165) is 21.3 Å². The molecule has 0 saturated carbocycles. The van der Waals surface area contributed by atoms with Gasteiger partial charge in [-0.15, -0.1) is 0 Å². The van der Waals surface area contributed by atoms with Gasteiger partial charge in [0, 0.05) is 16.1 Å². The molecule has 0 amide bonds. The first-order chi connectivity index (χ1) is 6.06. The number of halogens is 1. The lowest BCUT2D eigenvalue weighted by atomic mass is 10.1. The number of aryl methyl sites for hydroxylation is 1. The Bertz CT molecular complexity index is 310. The molecule has 0 heterocycles. The average Bonchev–Trinajstić information content (AvgIpc) is 2.08. The lowest BCUT2D eigenvalue weighted by Gasteiger charge is -2.13. The van der Waals surface area contributed by atoms with Gasteiger partial charge in [0.15, 0.2) is 0 Å². The van der Waals surface area contributed by atoms with E-state index in [9.17, 15) is 0 Å². The molecule has 2 N–H and O–H groups in total. The van der Waals surface area contributed by atoms with Crippen LogP contribution in [0.4, 0.5) is 0 Å². The summed E-state index contributed by atoms with van der Waals surface area (Å²) in [6.07, 6.45) is 0. The first kappa shape index (κ1) is 10.5. The lowest BCUT2D eigenvalue weighted by Crippen LogP contribution is -2.07. The molecule has 0 aliphatic heterocycles. The van der Waals surface area contributed by atoms with E-state index in [2.05, 4.69) is 15.9 Å². The van der Waals surface area contributed by atoms with Crippen molar-refractivity contribution in [2.75, 3.05) is 7.11 Å². The van der Waals surface area contributed by atoms with E-state index < -0.39 is 0 Å². The quantitative estimate of drug-likeness (QED) is 0.868. The minimum absolute atomic E-state index is 0.00755. The third kappa shape index (κ3) is 2.23. The molecule has 0 aliphatic rings. The van der Waals surface area contributed by atoms with Gasteiger partial charge in [0.05, 0.1) is 7.11 Å². The van der Waals surface area contributed by atoms with E-state index in [-0.39, 0.29) is 6.04 Å². The van der Waals surface area contributed by atoms with Gasteiger partial charge >= 0.3 is 0 Å². The Morgan fingerprint density at radius 2 is 2.08 bits per heavy atom. The molecule has 13 heavy (non-hydrogen) atoms. The van der Waals surface area contributed by atoms with E-state index in [1.165, 1.54) is 0 Å². The molecule has 0 spiro atoms. The Labute approximate surface area is 87.2 Å². The number of nitrogens with two attached hydrogens (primary N) is 1. The molecular weight excluding hydrogens is 230 g/mol. The zero-order chi connectivity index (χ0) is 10.0. The first-order valence-corrected chi connectivity index (χ1v) is 4.95. The zero-order valence-corrected chi connectivity index (χ0v) is 9.68. The summed E-state index contributed by atoms with van der Waals surface area (Å²) in [4.78, 5) is 0. The Hall–Kier alpha value is -0.540. The molecule has 0 radical (unpaired) electrons. The summed E-state index contributed by atoms with van der Waals surface area (Å²) >= 11 is 3.47. The molecule has 2 nitrogen and oxygen atoms in total. The van der Waals surface area contributed by atoms with Crippen molar-refractivity contribution in [3.63, 3.8) is 0 Å². The van der Waals surface area contributed by atoms with Crippen molar-refractivity contribution in [2.45, 2.75) is 19.9 Å². The maximum Gasteiger partial charge on any atom is 0.123 e. The summed E-state index contributed by atoms with van der Waals surface area (Å²) in [5.74, 6) is 0.857. The number of hydrogen-bond donors (Lipinski definition) is 1. The molecular formula is C10H14BrNO. The largest absolute Gasteiger partial charge is 0.496 e. The van der Waals surface area contributed by atoms with Crippen molar-refractivity contribution in [1.29, 1.82) is 0 Å². The van der Waals surface area contributed by atoms with Crippen LogP contribution in [-0.4, -0.2) is 7.11 Å². The van der Waals surface area contributed by atoms with Crippen LogP contribution in [0.25, 0.3) is 0 Å². The average molecular weight is 244 g/mol. The van der Waals surface area contributed by atoms with Gasteiger partial charge < -0.3 is 10.5 Å². The van der Waals surface area contributed by atoms with Crippen LogP contribution < -0.4 is 10.5 Å². The Kier molecular flexibility index (Phi) is 3.33. The van der Waals surface area contributed by atoms with Gasteiger partial charge in [-0.3, -0.25) is 0 Å². The summed E-state index contributed by atoms with van der Waals surface area (Å²) in [7, 11) is 1.66. The summed E-state index contributed by atoms with van der Waals surface area (Å²) < 4.78 is 6.31. The highest BCUT2D eigenvalue weighted by Gasteiger charge is 2.09. The third-order valence-corrected chi connectivity index (χ3v) is 2.86. The van der Waals surface area contributed by atoms with Crippen molar-refractivity contribution < 1.29 is 4.74 Å². The molecule has 1 rings (SSSR count). The van der Waals surface area contributed by atoms with E-state index in [0.29, 0.717) is 0 Å². The third-order valence-electron chi connectivity index (χ3n) is 2.00. The van der Waals surface area contributed by atoms with Crippen LogP contribution in [0.15, 0.2) is 16.6 Å². The highest BCUT2D eigenvalue weighted by molar-refractivity contribution is 9.10. The molecule has 0 unspecified atom stereocenters. The second-order valence-corrected chi connectivity index (χ2v) is 3.99. The van der Waals surface area contributed by atoms with Gasteiger partial charge in [-0.2, -0.15) is 0 Å². The van der Waals surface area contributed by atoms with E-state index >= 15 is 0 Å². The molecule has 0 aromatic heterocycles. The molecule has 1 aromatic rings. The highest BCUT2D eigenvalue weighted by Crippen LogP contribution is 2.29. The van der Waals surface area contributed by atoms with Gasteiger partial charge in [0.2, 0.25) is 0 Å². The minimum Gasteiger partial charge on any atom is -0.496 e. The van der Waals surface area contributed by atoms with Crippen molar-refractivity contribution in [3.05, 3.63) is 27.7 Å². The number of rotatable bonds is 2. The van der Waals surface area contributed by atoms with Gasteiger partial charge in [-0.05, 0) is 31.5 Å². The normalized spacial score (nSPS) is 12.7. The van der Waals surface area contributed by atoms with Gasteiger partial charge in [0.1, 0.15) is 5.75 Å². The van der Waals surface area contributed by atoms with Gasteiger partial charge in [-0.25, -0.2) is 0 Å². The standard InChI is InChI=1S/C10H14BrNO/c1-6-4-10(13-3)8(7(2)12)5-9(6)11/h4-5,7H,12H2,1-3H3/t7-/m0/s1. The molecule has 0 bridgehead atoms. The van der Waals surface area contributed by atoms with E-state index in [1.807, 2.05) is 26.0 Å². The number of hydrogen-bond acceptors (Lipinski definition) is 2. The van der Waals surface area contributed by atoms with Crippen LogP contribution in [0.5, 0.6) is 5.75 Å². The summed E-state index contributed by atoms with van der Waals surface area (Å²) in [5.41, 5.74) is 7.99. The topological polar surface area (TPSA) is 35.2 Å². The van der Waals surface area contributed by atoms with Gasteiger partial charge in [-0.1, -0.05) is 15.9 Å². The fourth-order valence-corrected chi connectivity index (χ4v) is 1.56. The molecule has 0 aliphatic carbocycles. The lowest BCUT2D eigenvalue weighted by molar-refractivity contribution is 0.406. The summed E-state index contributed by atoms with van der Waals surface area (Å²) in [5, 5.41) is 0. The summed E-state index contributed by atoms with van der Waals surface area (Å²) in [6.45, 7) is 3.97. The Morgan fingerprint density at radius 1 is 1.46 bits per heavy atom. The zero-order valence-electron chi connectivity index (χ0n) is 8.10. The maximum absolute atomic E-state index is 5.81. The van der Waals surface area contributed by atoms with E-state index in [1.54, 1.807) is 7.11 Å². The number of benzene rings is 1. The van der Waals surface area contributed by atoms with Gasteiger partial charge in [0.25, 0.3) is 0 Å². The maximum atomic E-state index is 5.81. The van der Waals surface area contributed by atoms with Crippen LogP contribution in [0.2, 0.25) is 0 Å². The molecule has 1 atom stereocenters. The summed E-state index contributed by atoms with van der Waals surface area (Å²) in [6, 6.07) is 3.99. The molecule has 0 fully saturated rings. The second kappa shape index (κ2) is 4.11. The molecule has 3 heteroatoms. The van der Waals surface area contributed by atoms with Crippen LogP contribution in [-0.2, 0) is 0 Å². The number of ether oxygens (including phenoxy) is 1. The molecule has 1 aromatic carbocycles. The SMILES string of the molecule is COc1cc(C)c(Br)cc1[C@H](C)N. The fourth-order valence-electron chi connectivity index (χ4n) is 1.20.